The Hall–Kier alpha value is -0.570. The topological polar surface area (TPSA) is 38.3 Å². The van der Waals surface area contributed by atoms with E-state index in [1.54, 1.807) is 7.11 Å². The third kappa shape index (κ3) is 4.34. The summed E-state index contributed by atoms with van der Waals surface area (Å²) < 4.78 is 4.96. The highest BCUT2D eigenvalue weighted by Gasteiger charge is 2.15. The molecule has 0 saturated heterocycles. The van der Waals surface area contributed by atoms with Gasteiger partial charge in [0.25, 0.3) is 0 Å². The van der Waals surface area contributed by atoms with Crippen LogP contribution in [0.25, 0.3) is 0 Å². The fourth-order valence-electron chi connectivity index (χ4n) is 1.16. The summed E-state index contributed by atoms with van der Waals surface area (Å²) in [5.41, 5.74) is 0. The molecule has 1 amide bonds. The first-order valence-electron chi connectivity index (χ1n) is 4.52. The highest BCUT2D eigenvalue weighted by molar-refractivity contribution is 5.78. The number of nitrogens with one attached hydrogen (secondary N) is 1. The molecule has 3 heteroatoms. The summed E-state index contributed by atoms with van der Waals surface area (Å²) in [5.74, 6) is 0.140. The normalized spacial score (nSPS) is 12.6. The van der Waals surface area contributed by atoms with Crippen molar-refractivity contribution in [3.8, 4) is 0 Å². The van der Waals surface area contributed by atoms with Crippen molar-refractivity contribution in [3.05, 3.63) is 0 Å². The van der Waals surface area contributed by atoms with Gasteiger partial charge < -0.3 is 10.1 Å². The van der Waals surface area contributed by atoms with Crippen LogP contribution in [0.2, 0.25) is 0 Å². The van der Waals surface area contributed by atoms with Gasteiger partial charge >= 0.3 is 0 Å². The lowest BCUT2D eigenvalue weighted by Crippen LogP contribution is -2.32. The Kier molecular flexibility index (Phi) is 6.76. The van der Waals surface area contributed by atoms with Gasteiger partial charge in [0.05, 0.1) is 12.5 Å². The van der Waals surface area contributed by atoms with E-state index < -0.39 is 0 Å². The molecular formula is C9H19NO2. The number of rotatable bonds is 6. The summed E-state index contributed by atoms with van der Waals surface area (Å²) in [7, 11) is 1.63. The minimum atomic E-state index is 0.0277. The smallest absolute Gasteiger partial charge is 0.225 e. The predicted octanol–water partition coefficient (Wildman–Crippen LogP) is 1.19. The maximum Gasteiger partial charge on any atom is 0.225 e. The monoisotopic (exact) mass is 173 g/mol. The number of hydrogen-bond donors (Lipinski definition) is 1. The zero-order valence-electron chi connectivity index (χ0n) is 8.22. The fourth-order valence-corrected chi connectivity index (χ4v) is 1.16. The molecular weight excluding hydrogens is 154 g/mol. The minimum absolute atomic E-state index is 0.0277. The van der Waals surface area contributed by atoms with Crippen LogP contribution < -0.4 is 5.32 Å². The van der Waals surface area contributed by atoms with E-state index in [1.807, 2.05) is 6.92 Å². The van der Waals surface area contributed by atoms with Crippen molar-refractivity contribution >= 4 is 5.91 Å². The molecule has 1 unspecified atom stereocenters. The summed E-state index contributed by atoms with van der Waals surface area (Å²) in [6.45, 7) is 5.22. The van der Waals surface area contributed by atoms with Crippen molar-refractivity contribution in [2.45, 2.75) is 26.7 Å². The third-order valence-corrected chi connectivity index (χ3v) is 1.73. The lowest BCUT2D eigenvalue weighted by atomic mass is 10.0. The average molecular weight is 173 g/mol. The van der Waals surface area contributed by atoms with Crippen LogP contribution in [-0.2, 0) is 9.53 Å². The fraction of sp³-hybridized carbons (Fsp3) is 0.889. The van der Waals surface area contributed by atoms with Crippen LogP contribution >= 0.6 is 0 Å². The molecule has 0 aliphatic rings. The number of carbonyl (C=O) groups is 1. The first-order chi connectivity index (χ1) is 5.76. The molecule has 0 spiro atoms. The highest BCUT2D eigenvalue weighted by Crippen LogP contribution is 2.06. The second-order valence-corrected chi connectivity index (χ2v) is 2.84. The Balaban J connectivity index is 3.81. The minimum Gasteiger partial charge on any atom is -0.384 e. The quantitative estimate of drug-likeness (QED) is 0.655. The Labute approximate surface area is 74.5 Å². The van der Waals surface area contributed by atoms with Crippen molar-refractivity contribution in [2.75, 3.05) is 20.3 Å². The summed E-state index contributed by atoms with van der Waals surface area (Å²) in [6.07, 6.45) is 1.92. The second-order valence-electron chi connectivity index (χ2n) is 2.84. The number of amides is 1. The van der Waals surface area contributed by atoms with Gasteiger partial charge in [-0.1, -0.05) is 13.3 Å². The lowest BCUT2D eigenvalue weighted by molar-refractivity contribution is -0.126. The molecule has 1 N–H and O–H groups in total. The molecule has 0 aromatic heterocycles. The lowest BCUT2D eigenvalue weighted by Gasteiger charge is -2.13. The molecule has 0 heterocycles. The van der Waals surface area contributed by atoms with E-state index >= 15 is 0 Å². The van der Waals surface area contributed by atoms with Gasteiger partial charge in [-0.3, -0.25) is 4.79 Å². The van der Waals surface area contributed by atoms with E-state index in [0.717, 1.165) is 12.8 Å². The average Bonchev–Trinajstić information content (AvgIpc) is 2.04. The molecule has 0 aliphatic heterocycles. The van der Waals surface area contributed by atoms with Gasteiger partial charge in [-0.25, -0.2) is 0 Å². The number of hydrogen-bond acceptors (Lipinski definition) is 2. The van der Waals surface area contributed by atoms with Crippen molar-refractivity contribution in [2.24, 2.45) is 5.92 Å². The van der Waals surface area contributed by atoms with Crippen molar-refractivity contribution in [1.82, 2.24) is 5.32 Å². The molecule has 72 valence electrons. The van der Waals surface area contributed by atoms with Gasteiger partial charge in [0, 0.05) is 13.7 Å². The summed E-state index contributed by atoms with van der Waals surface area (Å²) in [5, 5.41) is 2.80. The highest BCUT2D eigenvalue weighted by atomic mass is 16.5. The molecule has 3 nitrogen and oxygen atoms in total. The second kappa shape index (κ2) is 7.10. The first kappa shape index (κ1) is 11.4. The van der Waals surface area contributed by atoms with E-state index in [4.69, 9.17) is 4.74 Å². The largest absolute Gasteiger partial charge is 0.384 e. The molecule has 0 saturated carbocycles. The number of methoxy groups -OCH3 is 1. The van der Waals surface area contributed by atoms with E-state index in [-0.39, 0.29) is 11.8 Å². The zero-order valence-corrected chi connectivity index (χ0v) is 8.22. The van der Waals surface area contributed by atoms with Gasteiger partial charge in [-0.2, -0.15) is 0 Å². The molecule has 0 rings (SSSR count). The molecule has 0 bridgehead atoms. The molecule has 12 heavy (non-hydrogen) atoms. The van der Waals surface area contributed by atoms with Gasteiger partial charge in [0.1, 0.15) is 0 Å². The molecule has 0 fully saturated rings. The Morgan fingerprint density at radius 1 is 1.50 bits per heavy atom. The van der Waals surface area contributed by atoms with Crippen molar-refractivity contribution in [3.63, 3.8) is 0 Å². The van der Waals surface area contributed by atoms with E-state index in [1.165, 1.54) is 0 Å². The van der Waals surface area contributed by atoms with E-state index in [0.29, 0.717) is 13.2 Å². The molecule has 0 radical (unpaired) electrons. The molecule has 0 aromatic rings. The van der Waals surface area contributed by atoms with Gasteiger partial charge in [0.2, 0.25) is 5.91 Å². The van der Waals surface area contributed by atoms with Crippen LogP contribution in [0.5, 0.6) is 0 Å². The van der Waals surface area contributed by atoms with E-state index in [9.17, 15) is 4.79 Å². The maximum atomic E-state index is 11.3. The SMILES string of the molecule is CCCC(COC)C(=O)NCC. The van der Waals surface area contributed by atoms with Crippen LogP contribution in [0.1, 0.15) is 26.7 Å². The van der Waals surface area contributed by atoms with Crippen LogP contribution in [0.3, 0.4) is 0 Å². The number of carbonyl (C=O) groups excluding carboxylic acids is 1. The molecule has 0 aliphatic carbocycles. The van der Waals surface area contributed by atoms with Gasteiger partial charge in [-0.15, -0.1) is 0 Å². The Morgan fingerprint density at radius 2 is 2.17 bits per heavy atom. The van der Waals surface area contributed by atoms with Crippen LogP contribution in [-0.4, -0.2) is 26.2 Å². The van der Waals surface area contributed by atoms with E-state index in [2.05, 4.69) is 12.2 Å². The summed E-state index contributed by atoms with van der Waals surface area (Å²) in [4.78, 5) is 11.3. The number of ether oxygens (including phenoxy) is 1. The summed E-state index contributed by atoms with van der Waals surface area (Å²) in [6, 6.07) is 0. The van der Waals surface area contributed by atoms with Crippen LogP contribution in [0, 0.1) is 5.92 Å². The summed E-state index contributed by atoms with van der Waals surface area (Å²) >= 11 is 0. The van der Waals surface area contributed by atoms with Crippen LogP contribution in [0.15, 0.2) is 0 Å². The third-order valence-electron chi connectivity index (χ3n) is 1.73. The Morgan fingerprint density at radius 3 is 2.58 bits per heavy atom. The standard InChI is InChI=1S/C9H19NO2/c1-4-6-8(7-12-3)9(11)10-5-2/h8H,4-7H2,1-3H3,(H,10,11). The molecule has 0 aromatic carbocycles. The van der Waals surface area contributed by atoms with Crippen molar-refractivity contribution < 1.29 is 9.53 Å². The molecule has 1 atom stereocenters. The van der Waals surface area contributed by atoms with Crippen LogP contribution in [0.4, 0.5) is 0 Å². The Bertz CT molecular complexity index is 120. The van der Waals surface area contributed by atoms with Gasteiger partial charge in [-0.05, 0) is 13.3 Å². The van der Waals surface area contributed by atoms with Crippen molar-refractivity contribution in [1.29, 1.82) is 0 Å². The maximum absolute atomic E-state index is 11.3. The predicted molar refractivity (Wildman–Crippen MR) is 49.0 cm³/mol. The first-order valence-corrected chi connectivity index (χ1v) is 4.52. The zero-order chi connectivity index (χ0) is 9.40. The van der Waals surface area contributed by atoms with Gasteiger partial charge in [0.15, 0.2) is 0 Å².